The van der Waals surface area contributed by atoms with Crippen molar-refractivity contribution in [2.75, 3.05) is 26.2 Å². The molecular formula is C16H30N2O2. The second kappa shape index (κ2) is 6.90. The SMILES string of the molecule is CCNC(CN1CCCCC1C)(C(=O)OCC)C1CC1. The van der Waals surface area contributed by atoms with Crippen molar-refractivity contribution in [3.05, 3.63) is 0 Å². The van der Waals surface area contributed by atoms with Crippen molar-refractivity contribution in [1.29, 1.82) is 0 Å². The van der Waals surface area contributed by atoms with Crippen molar-refractivity contribution >= 4 is 5.97 Å². The minimum Gasteiger partial charge on any atom is -0.465 e. The fourth-order valence-electron chi connectivity index (χ4n) is 3.50. The van der Waals surface area contributed by atoms with E-state index in [-0.39, 0.29) is 5.97 Å². The van der Waals surface area contributed by atoms with E-state index in [1.54, 1.807) is 0 Å². The molecule has 1 saturated heterocycles. The lowest BCUT2D eigenvalue weighted by Crippen LogP contribution is -2.62. The highest BCUT2D eigenvalue weighted by Gasteiger charge is 2.52. The first kappa shape index (κ1) is 15.8. The third-order valence-electron chi connectivity index (χ3n) is 4.80. The average molecular weight is 282 g/mol. The van der Waals surface area contributed by atoms with Crippen LogP contribution in [0.1, 0.15) is 52.9 Å². The predicted octanol–water partition coefficient (Wildman–Crippen LogP) is 2.18. The summed E-state index contributed by atoms with van der Waals surface area (Å²) < 4.78 is 5.41. The van der Waals surface area contributed by atoms with E-state index in [2.05, 4.69) is 24.1 Å². The van der Waals surface area contributed by atoms with E-state index in [4.69, 9.17) is 4.74 Å². The molecule has 4 nitrogen and oxygen atoms in total. The third kappa shape index (κ3) is 3.34. The molecular weight excluding hydrogens is 252 g/mol. The number of esters is 1. The number of carbonyl (C=O) groups is 1. The zero-order chi connectivity index (χ0) is 14.6. The van der Waals surface area contributed by atoms with Crippen LogP contribution in [0, 0.1) is 5.92 Å². The van der Waals surface area contributed by atoms with Gasteiger partial charge in [-0.2, -0.15) is 0 Å². The van der Waals surface area contributed by atoms with Crippen LogP contribution in [0.4, 0.5) is 0 Å². The van der Waals surface area contributed by atoms with Crippen molar-refractivity contribution in [1.82, 2.24) is 10.2 Å². The van der Waals surface area contributed by atoms with Gasteiger partial charge in [0.15, 0.2) is 0 Å². The summed E-state index contributed by atoms with van der Waals surface area (Å²) in [6.07, 6.45) is 6.10. The standard InChI is InChI=1S/C16H30N2O2/c1-4-17-16(14-9-10-14,15(19)20-5-2)12-18-11-7-6-8-13(18)3/h13-14,17H,4-12H2,1-3H3. The van der Waals surface area contributed by atoms with Crippen molar-refractivity contribution < 1.29 is 9.53 Å². The van der Waals surface area contributed by atoms with Crippen molar-refractivity contribution in [3.8, 4) is 0 Å². The van der Waals surface area contributed by atoms with E-state index in [1.807, 2.05) is 6.92 Å². The molecule has 0 amide bonds. The highest BCUT2D eigenvalue weighted by Crippen LogP contribution is 2.41. The van der Waals surface area contributed by atoms with Crippen LogP contribution < -0.4 is 5.32 Å². The molecule has 0 spiro atoms. The van der Waals surface area contributed by atoms with Crippen molar-refractivity contribution in [2.24, 2.45) is 5.92 Å². The summed E-state index contributed by atoms with van der Waals surface area (Å²) in [6.45, 7) is 9.46. The van der Waals surface area contributed by atoms with Crippen LogP contribution in [0.15, 0.2) is 0 Å². The van der Waals surface area contributed by atoms with E-state index in [9.17, 15) is 4.79 Å². The predicted molar refractivity (Wildman–Crippen MR) is 80.7 cm³/mol. The monoisotopic (exact) mass is 282 g/mol. The Bertz CT molecular complexity index is 330. The number of nitrogens with one attached hydrogen (secondary N) is 1. The Morgan fingerprint density at radius 1 is 1.30 bits per heavy atom. The molecule has 4 heteroatoms. The van der Waals surface area contributed by atoms with E-state index >= 15 is 0 Å². The Balaban J connectivity index is 2.13. The van der Waals surface area contributed by atoms with Gasteiger partial charge in [-0.3, -0.25) is 4.90 Å². The number of hydrogen-bond donors (Lipinski definition) is 1. The molecule has 0 radical (unpaired) electrons. The molecule has 0 aromatic carbocycles. The Hall–Kier alpha value is -0.610. The smallest absolute Gasteiger partial charge is 0.327 e. The fourth-order valence-corrected chi connectivity index (χ4v) is 3.50. The zero-order valence-electron chi connectivity index (χ0n) is 13.3. The van der Waals surface area contributed by atoms with Gasteiger partial charge in [0.05, 0.1) is 6.61 Å². The van der Waals surface area contributed by atoms with E-state index in [0.717, 1.165) is 32.5 Å². The van der Waals surface area contributed by atoms with Crippen LogP contribution in [0.2, 0.25) is 0 Å². The van der Waals surface area contributed by atoms with Gasteiger partial charge in [-0.1, -0.05) is 13.3 Å². The molecule has 1 N–H and O–H groups in total. The molecule has 1 aliphatic carbocycles. The second-order valence-corrected chi connectivity index (χ2v) is 6.31. The summed E-state index contributed by atoms with van der Waals surface area (Å²) in [6, 6.07) is 0.579. The van der Waals surface area contributed by atoms with Crippen molar-refractivity contribution in [3.63, 3.8) is 0 Å². The summed E-state index contributed by atoms with van der Waals surface area (Å²) in [5.41, 5.74) is -0.476. The van der Waals surface area contributed by atoms with Crippen LogP contribution in [-0.4, -0.2) is 48.7 Å². The van der Waals surface area contributed by atoms with Crippen LogP contribution >= 0.6 is 0 Å². The number of likely N-dealkylation sites (N-methyl/N-ethyl adjacent to an activating group) is 1. The summed E-state index contributed by atoms with van der Waals surface area (Å²) in [7, 11) is 0. The lowest BCUT2D eigenvalue weighted by Gasteiger charge is -2.41. The second-order valence-electron chi connectivity index (χ2n) is 6.31. The first-order chi connectivity index (χ1) is 9.64. The molecule has 20 heavy (non-hydrogen) atoms. The molecule has 1 saturated carbocycles. The van der Waals surface area contributed by atoms with Gasteiger partial charge in [0.1, 0.15) is 5.54 Å². The number of carbonyl (C=O) groups excluding carboxylic acids is 1. The largest absolute Gasteiger partial charge is 0.465 e. The molecule has 0 aromatic rings. The van der Waals surface area contributed by atoms with Crippen LogP contribution in [0.3, 0.4) is 0 Å². The van der Waals surface area contributed by atoms with Gasteiger partial charge in [-0.25, -0.2) is 4.79 Å². The third-order valence-corrected chi connectivity index (χ3v) is 4.80. The Labute approximate surface area is 123 Å². The Kier molecular flexibility index (Phi) is 5.44. The van der Waals surface area contributed by atoms with Crippen LogP contribution in [0.25, 0.3) is 0 Å². The molecule has 0 aromatic heterocycles. The summed E-state index contributed by atoms with van der Waals surface area (Å²) in [5, 5.41) is 3.49. The maximum absolute atomic E-state index is 12.6. The van der Waals surface area contributed by atoms with E-state index in [1.165, 1.54) is 19.3 Å². The minimum absolute atomic E-state index is 0.0397. The Morgan fingerprint density at radius 3 is 2.60 bits per heavy atom. The number of piperidine rings is 1. The van der Waals surface area contributed by atoms with Gasteiger partial charge >= 0.3 is 5.97 Å². The lowest BCUT2D eigenvalue weighted by atomic mass is 9.90. The molecule has 2 fully saturated rings. The number of nitrogens with zero attached hydrogens (tertiary/aromatic N) is 1. The Morgan fingerprint density at radius 2 is 2.05 bits per heavy atom. The molecule has 2 unspecified atom stereocenters. The lowest BCUT2D eigenvalue weighted by molar-refractivity contribution is -0.154. The highest BCUT2D eigenvalue weighted by molar-refractivity contribution is 5.82. The molecule has 2 rings (SSSR count). The normalized spacial score (nSPS) is 27.1. The van der Waals surface area contributed by atoms with Crippen LogP contribution in [0.5, 0.6) is 0 Å². The summed E-state index contributed by atoms with van der Waals surface area (Å²) in [5.74, 6) is 0.415. The van der Waals surface area contributed by atoms with Crippen molar-refractivity contribution in [2.45, 2.75) is 64.5 Å². The van der Waals surface area contributed by atoms with Gasteiger partial charge in [0, 0.05) is 12.6 Å². The molecule has 0 bridgehead atoms. The quantitative estimate of drug-likeness (QED) is 0.727. The summed E-state index contributed by atoms with van der Waals surface area (Å²) >= 11 is 0. The van der Waals surface area contributed by atoms with E-state index in [0.29, 0.717) is 18.6 Å². The van der Waals surface area contributed by atoms with Gasteiger partial charge in [0.25, 0.3) is 0 Å². The summed E-state index contributed by atoms with van der Waals surface area (Å²) in [4.78, 5) is 15.1. The van der Waals surface area contributed by atoms with E-state index < -0.39 is 5.54 Å². The number of hydrogen-bond acceptors (Lipinski definition) is 4. The zero-order valence-corrected chi connectivity index (χ0v) is 13.3. The van der Waals surface area contributed by atoms with Crippen LogP contribution in [-0.2, 0) is 9.53 Å². The molecule has 116 valence electrons. The fraction of sp³-hybridized carbons (Fsp3) is 0.938. The maximum Gasteiger partial charge on any atom is 0.327 e. The van der Waals surface area contributed by atoms with Gasteiger partial charge < -0.3 is 10.1 Å². The maximum atomic E-state index is 12.6. The minimum atomic E-state index is -0.476. The molecule has 2 aliphatic rings. The first-order valence-electron chi connectivity index (χ1n) is 8.30. The first-order valence-corrected chi connectivity index (χ1v) is 8.30. The van der Waals surface area contributed by atoms with Gasteiger partial charge in [0.2, 0.25) is 0 Å². The molecule has 2 atom stereocenters. The topological polar surface area (TPSA) is 41.6 Å². The number of ether oxygens (including phenoxy) is 1. The molecule has 1 aliphatic heterocycles. The van der Waals surface area contributed by atoms with Gasteiger partial charge in [-0.15, -0.1) is 0 Å². The number of rotatable bonds is 7. The average Bonchev–Trinajstić information content (AvgIpc) is 3.25. The van der Waals surface area contributed by atoms with Gasteiger partial charge in [-0.05, 0) is 58.5 Å². The highest BCUT2D eigenvalue weighted by atomic mass is 16.5. The number of likely N-dealkylation sites (tertiary alicyclic amines) is 1. The molecule has 1 heterocycles.